The third-order valence-corrected chi connectivity index (χ3v) is 13.6. The van der Waals surface area contributed by atoms with Crippen LogP contribution in [0.1, 0.15) is 49.9 Å². The molecule has 56 heavy (non-hydrogen) atoms. The van der Waals surface area contributed by atoms with Crippen molar-refractivity contribution in [3.8, 4) is 44.5 Å². The zero-order valence-electron chi connectivity index (χ0n) is 32.2. The highest BCUT2D eigenvalue weighted by atomic mass is 14.4. The van der Waals surface area contributed by atoms with E-state index in [1.165, 1.54) is 121 Å². The Morgan fingerprint density at radius 1 is 0.268 bits per heavy atom. The maximum Gasteiger partial charge on any atom is 0.0159 e. The van der Waals surface area contributed by atoms with Gasteiger partial charge in [-0.15, -0.1) is 0 Å². The molecule has 0 fully saturated rings. The molecule has 0 amide bonds. The Hall–Kier alpha value is -6.50. The second-order valence-corrected chi connectivity index (χ2v) is 17.1. The summed E-state index contributed by atoms with van der Waals surface area (Å²) in [4.78, 5) is 0. The van der Waals surface area contributed by atoms with E-state index in [1.807, 2.05) is 0 Å². The quantitative estimate of drug-likeness (QED) is 0.124. The number of hydrogen-bond donors (Lipinski definition) is 0. The van der Waals surface area contributed by atoms with E-state index in [1.54, 1.807) is 0 Å². The van der Waals surface area contributed by atoms with Crippen LogP contribution in [0.3, 0.4) is 0 Å². The molecule has 2 aliphatic rings. The van der Waals surface area contributed by atoms with Crippen LogP contribution in [0.2, 0.25) is 0 Å². The Labute approximate surface area is 327 Å². The fourth-order valence-corrected chi connectivity index (χ4v) is 11.0. The van der Waals surface area contributed by atoms with E-state index in [-0.39, 0.29) is 10.8 Å². The highest BCUT2D eigenvalue weighted by Gasteiger charge is 2.42. The normalized spacial score (nSPS) is 14.7. The van der Waals surface area contributed by atoms with Crippen molar-refractivity contribution in [1.29, 1.82) is 0 Å². The van der Waals surface area contributed by atoms with Crippen LogP contribution >= 0.6 is 0 Å². The van der Waals surface area contributed by atoms with Gasteiger partial charge in [-0.2, -0.15) is 0 Å². The average Bonchev–Trinajstić information content (AvgIpc) is 3.62. The van der Waals surface area contributed by atoms with Gasteiger partial charge in [0.05, 0.1) is 0 Å². The highest BCUT2D eigenvalue weighted by Crippen LogP contribution is 2.60. The molecule has 0 radical (unpaired) electrons. The Bertz CT molecular complexity index is 3280. The lowest BCUT2D eigenvalue weighted by atomic mass is 9.77. The van der Waals surface area contributed by atoms with E-state index in [9.17, 15) is 0 Å². The monoisotopic (exact) mass is 712 g/mol. The molecule has 2 aliphatic carbocycles. The Balaban J connectivity index is 1.27. The minimum Gasteiger partial charge on any atom is -0.0619 e. The number of fused-ring (bicyclic) bond motifs is 14. The Morgan fingerprint density at radius 3 is 1.29 bits per heavy atom. The van der Waals surface area contributed by atoms with Gasteiger partial charge in [-0.3, -0.25) is 0 Å². The molecule has 0 atom stereocenters. The van der Waals surface area contributed by atoms with Gasteiger partial charge in [-0.05, 0) is 133 Å². The predicted octanol–water partition coefficient (Wildman–Crippen LogP) is 15.4. The summed E-state index contributed by atoms with van der Waals surface area (Å²) in [6.07, 6.45) is 0. The summed E-state index contributed by atoms with van der Waals surface area (Å²) >= 11 is 0. The average molecular weight is 713 g/mol. The van der Waals surface area contributed by atoms with Gasteiger partial charge >= 0.3 is 0 Å². The minimum atomic E-state index is -0.166. The van der Waals surface area contributed by atoms with E-state index in [2.05, 4.69) is 198 Å². The fourth-order valence-electron chi connectivity index (χ4n) is 11.0. The molecule has 0 saturated heterocycles. The Morgan fingerprint density at radius 2 is 0.696 bits per heavy atom. The predicted molar refractivity (Wildman–Crippen MR) is 240 cm³/mol. The van der Waals surface area contributed by atoms with E-state index in [0.29, 0.717) is 0 Å². The number of benzene rings is 10. The topological polar surface area (TPSA) is 0 Å². The molecule has 0 aromatic heterocycles. The minimum absolute atomic E-state index is 0.0969. The smallest absolute Gasteiger partial charge is 0.0159 e. The molecule has 0 aliphatic heterocycles. The molecule has 0 N–H and O–H groups in total. The van der Waals surface area contributed by atoms with E-state index >= 15 is 0 Å². The van der Waals surface area contributed by atoms with Crippen molar-refractivity contribution in [2.45, 2.75) is 38.5 Å². The van der Waals surface area contributed by atoms with Gasteiger partial charge in [0.1, 0.15) is 0 Å². The standard InChI is InChI=1S/C56H40/c1-55(2)46-27-15-13-25-42(46)52-48(55)30-29-41-45(32-49-53(54(41)52)43-26-14-16-28-47(43)56(49,3)4)51-39-23-11-9-21-37(39)50(38-22-10-12-24-40(38)51)44-31-33-17-5-6-18-34(33)35-19-7-8-20-36(35)44/h5-32H,1-4H3. The summed E-state index contributed by atoms with van der Waals surface area (Å²) in [5, 5.41) is 13.0. The summed E-state index contributed by atoms with van der Waals surface area (Å²) in [7, 11) is 0. The van der Waals surface area contributed by atoms with Crippen LogP contribution in [0.4, 0.5) is 0 Å². The first-order chi connectivity index (χ1) is 27.3. The lowest BCUT2D eigenvalue weighted by Gasteiger charge is -2.26. The molecule has 12 rings (SSSR count). The zero-order chi connectivity index (χ0) is 37.5. The second kappa shape index (κ2) is 11.1. The maximum absolute atomic E-state index is 2.58. The lowest BCUT2D eigenvalue weighted by molar-refractivity contribution is 0.660. The highest BCUT2D eigenvalue weighted by molar-refractivity contribution is 6.28. The van der Waals surface area contributed by atoms with Crippen LogP contribution in [-0.4, -0.2) is 0 Å². The maximum atomic E-state index is 2.58. The molecule has 0 heterocycles. The van der Waals surface area contributed by atoms with Crippen LogP contribution in [0, 0.1) is 0 Å². The molecule has 0 nitrogen and oxygen atoms in total. The van der Waals surface area contributed by atoms with E-state index < -0.39 is 0 Å². The van der Waals surface area contributed by atoms with Crippen LogP contribution in [0.5, 0.6) is 0 Å². The summed E-state index contributed by atoms with van der Waals surface area (Å²) in [6.45, 7) is 9.67. The molecule has 10 aromatic carbocycles. The van der Waals surface area contributed by atoms with Gasteiger partial charge in [-0.1, -0.05) is 185 Å². The van der Waals surface area contributed by atoms with Crippen molar-refractivity contribution in [3.05, 3.63) is 192 Å². The molecule has 0 bridgehead atoms. The first-order valence-corrected chi connectivity index (χ1v) is 20.0. The van der Waals surface area contributed by atoms with Gasteiger partial charge in [0.2, 0.25) is 0 Å². The molecule has 0 saturated carbocycles. The summed E-state index contributed by atoms with van der Waals surface area (Å²) in [5.74, 6) is 0. The van der Waals surface area contributed by atoms with Gasteiger partial charge < -0.3 is 0 Å². The fraction of sp³-hybridized carbons (Fsp3) is 0.107. The molecule has 0 spiro atoms. The van der Waals surface area contributed by atoms with Crippen molar-refractivity contribution < 1.29 is 0 Å². The van der Waals surface area contributed by atoms with Gasteiger partial charge in [-0.25, -0.2) is 0 Å². The third-order valence-electron chi connectivity index (χ3n) is 13.6. The zero-order valence-corrected chi connectivity index (χ0v) is 32.2. The molecule has 10 aromatic rings. The number of rotatable bonds is 2. The Kier molecular flexibility index (Phi) is 6.28. The van der Waals surface area contributed by atoms with Crippen molar-refractivity contribution in [2.24, 2.45) is 0 Å². The van der Waals surface area contributed by atoms with Crippen molar-refractivity contribution >= 4 is 53.9 Å². The second-order valence-electron chi connectivity index (χ2n) is 17.1. The number of hydrogen-bond acceptors (Lipinski definition) is 0. The summed E-state index contributed by atoms with van der Waals surface area (Å²) < 4.78 is 0. The largest absolute Gasteiger partial charge is 0.0619 e. The van der Waals surface area contributed by atoms with E-state index in [0.717, 1.165) is 0 Å². The first-order valence-electron chi connectivity index (χ1n) is 20.0. The van der Waals surface area contributed by atoms with Gasteiger partial charge in [0, 0.05) is 10.8 Å². The summed E-state index contributed by atoms with van der Waals surface area (Å²) in [5.41, 5.74) is 16.1. The third kappa shape index (κ3) is 3.99. The van der Waals surface area contributed by atoms with Crippen molar-refractivity contribution in [3.63, 3.8) is 0 Å². The summed E-state index contributed by atoms with van der Waals surface area (Å²) in [6, 6.07) is 64.4. The first kappa shape index (κ1) is 31.8. The SMILES string of the molecule is CC1(C)c2ccccc2-c2c1ccc1c(-c3c4ccccc4c(-c4cc5ccccc5c5ccccc45)c4ccccc34)cc3c(c21)-c1ccccc1C3(C)C. The lowest BCUT2D eigenvalue weighted by Crippen LogP contribution is -2.15. The molecular formula is C56H40. The molecule has 0 unspecified atom stereocenters. The van der Waals surface area contributed by atoms with Crippen LogP contribution in [-0.2, 0) is 10.8 Å². The van der Waals surface area contributed by atoms with E-state index in [4.69, 9.17) is 0 Å². The van der Waals surface area contributed by atoms with Gasteiger partial charge in [0.15, 0.2) is 0 Å². The molecular weight excluding hydrogens is 673 g/mol. The van der Waals surface area contributed by atoms with Crippen LogP contribution in [0.15, 0.2) is 170 Å². The van der Waals surface area contributed by atoms with Crippen molar-refractivity contribution in [2.75, 3.05) is 0 Å². The molecule has 264 valence electrons. The van der Waals surface area contributed by atoms with Crippen molar-refractivity contribution in [1.82, 2.24) is 0 Å². The molecule has 0 heteroatoms. The van der Waals surface area contributed by atoms with Crippen LogP contribution in [0.25, 0.3) is 98.4 Å². The van der Waals surface area contributed by atoms with Gasteiger partial charge in [0.25, 0.3) is 0 Å². The van der Waals surface area contributed by atoms with Crippen LogP contribution < -0.4 is 0 Å².